The summed E-state index contributed by atoms with van der Waals surface area (Å²) in [6.45, 7) is 4.11. The summed E-state index contributed by atoms with van der Waals surface area (Å²) < 4.78 is 0. The first-order chi connectivity index (χ1) is 23.6. The number of hydrogen-bond donors (Lipinski definition) is 4. The lowest BCUT2D eigenvalue weighted by Crippen LogP contribution is -2.48. The van der Waals surface area contributed by atoms with Crippen molar-refractivity contribution in [1.82, 2.24) is 5.32 Å². The molecule has 0 rings (SSSR count). The summed E-state index contributed by atoms with van der Waals surface area (Å²) in [4.78, 5) is 12.4. The topological polar surface area (TPSA) is 89.8 Å². The van der Waals surface area contributed by atoms with Gasteiger partial charge in [-0.1, -0.05) is 192 Å². The number of amides is 1. The van der Waals surface area contributed by atoms with E-state index in [9.17, 15) is 20.1 Å². The van der Waals surface area contributed by atoms with Crippen LogP contribution in [0.4, 0.5) is 0 Å². The van der Waals surface area contributed by atoms with Crippen molar-refractivity contribution in [2.45, 2.75) is 225 Å². The summed E-state index contributed by atoms with van der Waals surface area (Å²) in [7, 11) is 0. The molecule has 3 atom stereocenters. The van der Waals surface area contributed by atoms with Gasteiger partial charge < -0.3 is 20.6 Å². The first-order valence-electron chi connectivity index (χ1n) is 20.8. The Morgan fingerprint density at radius 1 is 0.500 bits per heavy atom. The van der Waals surface area contributed by atoms with Crippen LogP contribution in [-0.4, -0.2) is 46.1 Å². The maximum Gasteiger partial charge on any atom is 0.249 e. The van der Waals surface area contributed by atoms with Crippen molar-refractivity contribution in [1.29, 1.82) is 0 Å². The standard InChI is InChI=1S/C43H81NO4/c1-3-5-7-9-11-13-15-16-17-18-19-20-21-22-23-24-25-26-27-28-30-31-33-35-37-41(46)40(39-45)44-43(48)42(47)38-36-34-32-29-14-12-10-8-6-4-2/h10,12,28,30,35,37,40-42,45-47H,3-9,11,13-27,29,31-34,36,38-39H2,1-2H3,(H,44,48)/b12-10-,30-28+,37-35+. The van der Waals surface area contributed by atoms with E-state index in [2.05, 4.69) is 43.5 Å². The summed E-state index contributed by atoms with van der Waals surface area (Å²) >= 11 is 0. The third kappa shape index (κ3) is 33.1. The molecule has 0 saturated carbocycles. The molecule has 282 valence electrons. The molecule has 0 aromatic heterocycles. The molecule has 0 fully saturated rings. The molecule has 0 spiro atoms. The minimum atomic E-state index is -1.11. The maximum atomic E-state index is 12.4. The van der Waals surface area contributed by atoms with Gasteiger partial charge in [0.05, 0.1) is 18.8 Å². The van der Waals surface area contributed by atoms with E-state index in [1.54, 1.807) is 6.08 Å². The van der Waals surface area contributed by atoms with Crippen LogP contribution in [-0.2, 0) is 4.79 Å². The minimum Gasteiger partial charge on any atom is -0.394 e. The van der Waals surface area contributed by atoms with Crippen molar-refractivity contribution < 1.29 is 20.1 Å². The van der Waals surface area contributed by atoms with E-state index in [0.717, 1.165) is 57.8 Å². The highest BCUT2D eigenvalue weighted by Gasteiger charge is 2.22. The second kappa shape index (κ2) is 38.4. The zero-order valence-electron chi connectivity index (χ0n) is 31.9. The molecular formula is C43H81NO4. The Kier molecular flexibility index (Phi) is 37.2. The van der Waals surface area contributed by atoms with E-state index in [-0.39, 0.29) is 6.61 Å². The number of unbranched alkanes of at least 4 members (excludes halogenated alkanes) is 25. The van der Waals surface area contributed by atoms with Gasteiger partial charge >= 0.3 is 0 Å². The van der Waals surface area contributed by atoms with Crippen LogP contribution in [0.2, 0.25) is 0 Å². The molecule has 0 aliphatic carbocycles. The Balaban J connectivity index is 3.68. The van der Waals surface area contributed by atoms with Crippen LogP contribution >= 0.6 is 0 Å². The van der Waals surface area contributed by atoms with Gasteiger partial charge in [0.25, 0.3) is 0 Å². The molecule has 5 nitrogen and oxygen atoms in total. The van der Waals surface area contributed by atoms with Crippen LogP contribution in [0.5, 0.6) is 0 Å². The number of carbonyl (C=O) groups is 1. The normalized spacial score (nSPS) is 14.0. The fourth-order valence-electron chi connectivity index (χ4n) is 6.12. The predicted octanol–water partition coefficient (Wildman–Crippen LogP) is 11.6. The lowest BCUT2D eigenvalue weighted by molar-refractivity contribution is -0.131. The monoisotopic (exact) mass is 676 g/mol. The van der Waals surface area contributed by atoms with Crippen LogP contribution in [0.15, 0.2) is 36.5 Å². The van der Waals surface area contributed by atoms with Crippen LogP contribution in [0.25, 0.3) is 0 Å². The quantitative estimate of drug-likeness (QED) is 0.0390. The predicted molar refractivity (Wildman–Crippen MR) is 208 cm³/mol. The summed E-state index contributed by atoms with van der Waals surface area (Å²) in [6, 6.07) is -0.817. The van der Waals surface area contributed by atoms with E-state index < -0.39 is 24.2 Å². The fourth-order valence-corrected chi connectivity index (χ4v) is 6.12. The van der Waals surface area contributed by atoms with Gasteiger partial charge in [-0.25, -0.2) is 0 Å². The molecule has 0 heterocycles. The molecular weight excluding hydrogens is 594 g/mol. The van der Waals surface area contributed by atoms with Crippen LogP contribution < -0.4 is 5.32 Å². The largest absolute Gasteiger partial charge is 0.394 e. The minimum absolute atomic E-state index is 0.380. The zero-order valence-corrected chi connectivity index (χ0v) is 31.9. The molecule has 0 aliphatic rings. The van der Waals surface area contributed by atoms with E-state index in [1.165, 1.54) is 128 Å². The van der Waals surface area contributed by atoms with Crippen molar-refractivity contribution in [3.63, 3.8) is 0 Å². The molecule has 0 bridgehead atoms. The number of aliphatic hydroxyl groups is 3. The molecule has 1 amide bonds. The Morgan fingerprint density at radius 3 is 1.33 bits per heavy atom. The summed E-state index contributed by atoms with van der Waals surface area (Å²) in [5.74, 6) is -0.525. The first-order valence-corrected chi connectivity index (χ1v) is 20.8. The van der Waals surface area contributed by atoms with Gasteiger partial charge in [0.2, 0.25) is 5.91 Å². The third-order valence-corrected chi connectivity index (χ3v) is 9.45. The number of allylic oxidation sites excluding steroid dienone is 5. The lowest BCUT2D eigenvalue weighted by Gasteiger charge is -2.21. The van der Waals surface area contributed by atoms with Crippen molar-refractivity contribution >= 4 is 5.91 Å². The van der Waals surface area contributed by atoms with Crippen LogP contribution in [0, 0.1) is 0 Å². The second-order valence-electron chi connectivity index (χ2n) is 14.2. The molecule has 4 N–H and O–H groups in total. The van der Waals surface area contributed by atoms with E-state index >= 15 is 0 Å². The summed E-state index contributed by atoms with van der Waals surface area (Å²) in [5.41, 5.74) is 0. The highest BCUT2D eigenvalue weighted by molar-refractivity contribution is 5.80. The van der Waals surface area contributed by atoms with Gasteiger partial charge in [-0.15, -0.1) is 0 Å². The molecule has 0 aromatic rings. The Labute approximate surface area is 298 Å². The summed E-state index contributed by atoms with van der Waals surface area (Å²) in [6.07, 6.45) is 47.6. The molecule has 0 radical (unpaired) electrons. The molecule has 0 aliphatic heterocycles. The highest BCUT2D eigenvalue weighted by atomic mass is 16.3. The van der Waals surface area contributed by atoms with E-state index in [0.29, 0.717) is 6.42 Å². The molecule has 0 aromatic carbocycles. The van der Waals surface area contributed by atoms with Crippen molar-refractivity contribution in [2.24, 2.45) is 0 Å². The van der Waals surface area contributed by atoms with Crippen molar-refractivity contribution in [2.75, 3.05) is 6.61 Å². The number of hydrogen-bond acceptors (Lipinski definition) is 4. The first kappa shape index (κ1) is 46.6. The Morgan fingerprint density at radius 2 is 0.875 bits per heavy atom. The molecule has 5 heteroatoms. The van der Waals surface area contributed by atoms with Crippen LogP contribution in [0.1, 0.15) is 206 Å². The van der Waals surface area contributed by atoms with Gasteiger partial charge in [0.1, 0.15) is 6.10 Å². The lowest BCUT2D eigenvalue weighted by atomic mass is 10.0. The number of nitrogens with one attached hydrogen (secondary N) is 1. The fraction of sp³-hybridized carbons (Fsp3) is 0.837. The summed E-state index contributed by atoms with van der Waals surface area (Å²) in [5, 5.41) is 32.9. The highest BCUT2D eigenvalue weighted by Crippen LogP contribution is 2.15. The molecule has 3 unspecified atom stereocenters. The van der Waals surface area contributed by atoms with Gasteiger partial charge in [-0.05, 0) is 51.4 Å². The maximum absolute atomic E-state index is 12.4. The average molecular weight is 676 g/mol. The molecule has 0 saturated heterocycles. The van der Waals surface area contributed by atoms with Crippen molar-refractivity contribution in [3.8, 4) is 0 Å². The number of rotatable bonds is 37. The third-order valence-electron chi connectivity index (χ3n) is 9.45. The Bertz CT molecular complexity index is 749. The Hall–Kier alpha value is -1.43. The van der Waals surface area contributed by atoms with Gasteiger partial charge in [0, 0.05) is 0 Å². The van der Waals surface area contributed by atoms with Gasteiger partial charge in [-0.2, -0.15) is 0 Å². The van der Waals surface area contributed by atoms with Crippen LogP contribution in [0.3, 0.4) is 0 Å². The van der Waals surface area contributed by atoms with Gasteiger partial charge in [0.15, 0.2) is 0 Å². The molecule has 48 heavy (non-hydrogen) atoms. The van der Waals surface area contributed by atoms with Gasteiger partial charge in [-0.3, -0.25) is 4.79 Å². The zero-order chi connectivity index (χ0) is 35.2. The smallest absolute Gasteiger partial charge is 0.249 e. The SMILES string of the molecule is CCCC/C=C\CCCCCCC(O)C(=O)NC(CO)C(O)/C=C/CC/C=C/CCCCCCCCCCCCCCCCCCCC. The van der Waals surface area contributed by atoms with E-state index in [4.69, 9.17) is 0 Å². The van der Waals surface area contributed by atoms with E-state index in [1.807, 2.05) is 6.08 Å². The number of aliphatic hydroxyl groups excluding tert-OH is 3. The number of carbonyl (C=O) groups excluding carboxylic acids is 1. The second-order valence-corrected chi connectivity index (χ2v) is 14.2. The average Bonchev–Trinajstić information content (AvgIpc) is 3.09. The van der Waals surface area contributed by atoms with Crippen molar-refractivity contribution in [3.05, 3.63) is 36.5 Å².